The second kappa shape index (κ2) is 19.5. The number of benzene rings is 2. The molecule has 0 aromatic heterocycles. The molecule has 0 radical (unpaired) electrons. The van der Waals surface area contributed by atoms with Gasteiger partial charge in [-0.1, -0.05) is 45.9 Å². The molecule has 4 aliphatic rings. The fraction of sp³-hybridized carbons (Fsp3) is 0.556. The van der Waals surface area contributed by atoms with Crippen molar-refractivity contribution < 1.29 is 73.5 Å². The van der Waals surface area contributed by atoms with Crippen LogP contribution in [0.3, 0.4) is 0 Å². The van der Waals surface area contributed by atoms with Crippen molar-refractivity contribution in [3.63, 3.8) is 0 Å². The molecule has 11 atom stereocenters. The van der Waals surface area contributed by atoms with E-state index in [0.717, 1.165) is 0 Å². The summed E-state index contributed by atoms with van der Waals surface area (Å²) >= 11 is 0. The van der Waals surface area contributed by atoms with E-state index in [1.807, 2.05) is 0 Å². The lowest BCUT2D eigenvalue weighted by molar-refractivity contribution is -0.160. The predicted molar refractivity (Wildman–Crippen MR) is 225 cm³/mol. The maximum atomic E-state index is 14.6. The Hall–Kier alpha value is -5.20. The number of rotatable bonds is 7. The number of phenolic OH excluding ortho intramolecular Hbond substituents is 2. The number of esters is 1. The largest absolute Gasteiger partial charge is 0.507 e. The number of methoxy groups -OCH3 is 1. The van der Waals surface area contributed by atoms with Crippen LogP contribution in [0.2, 0.25) is 0 Å². The van der Waals surface area contributed by atoms with E-state index >= 15 is 0 Å². The first-order valence-corrected chi connectivity index (χ1v) is 20.7. The fourth-order valence-electron chi connectivity index (χ4n) is 8.69. The third-order valence-corrected chi connectivity index (χ3v) is 12.5. The molecule has 0 spiro atoms. The summed E-state index contributed by atoms with van der Waals surface area (Å²) in [5, 5.41) is 68.4. The molecule has 2 amide bonds. The Morgan fingerprint density at radius 1 is 0.935 bits per heavy atom. The molecule has 6 rings (SSSR count). The van der Waals surface area contributed by atoms with E-state index in [9.17, 15) is 49.8 Å². The Bertz CT molecular complexity index is 2120. The monoisotopic (exact) mass is 868 g/mol. The minimum absolute atomic E-state index is 0.0315. The van der Waals surface area contributed by atoms with Crippen LogP contribution in [0.15, 0.2) is 42.2 Å². The first-order chi connectivity index (χ1) is 29.2. The van der Waals surface area contributed by atoms with Crippen molar-refractivity contribution in [1.82, 2.24) is 4.90 Å². The zero-order valence-corrected chi connectivity index (χ0v) is 36.6. The zero-order chi connectivity index (χ0) is 46.0. The number of nitrogens with zero attached hydrogens (tertiary/aromatic N) is 1. The van der Waals surface area contributed by atoms with Crippen molar-refractivity contribution in [2.24, 2.45) is 23.7 Å². The molecule has 1 fully saturated rings. The summed E-state index contributed by atoms with van der Waals surface area (Å²) in [6, 6.07) is 0.0586. The quantitative estimate of drug-likeness (QED) is 0.155. The van der Waals surface area contributed by atoms with Gasteiger partial charge in [0.25, 0.3) is 17.6 Å². The average Bonchev–Trinajstić information content (AvgIpc) is 3.79. The zero-order valence-electron chi connectivity index (χ0n) is 36.6. The summed E-state index contributed by atoms with van der Waals surface area (Å²) in [6.07, 6.45) is 4.27. The number of anilines is 1. The summed E-state index contributed by atoms with van der Waals surface area (Å²) in [5.74, 6) is -8.78. The number of amides is 2. The molecule has 4 aliphatic heterocycles. The summed E-state index contributed by atoms with van der Waals surface area (Å²) in [7, 11) is 1.42. The molecule has 2 unspecified atom stereocenters. The number of Topliss-reactive ketones (excluding diaryl/α,β-unsaturated/α-hetero) is 1. The third-order valence-electron chi connectivity index (χ3n) is 12.5. The summed E-state index contributed by atoms with van der Waals surface area (Å²) in [6.45, 7) is 11.0. The predicted octanol–water partition coefficient (Wildman–Crippen LogP) is 3.77. The molecule has 1 saturated heterocycles. The van der Waals surface area contributed by atoms with Gasteiger partial charge in [-0.05, 0) is 32.8 Å². The average molecular weight is 869 g/mol. The van der Waals surface area contributed by atoms with Gasteiger partial charge in [0.2, 0.25) is 0 Å². The number of aromatic hydroxyl groups is 2. The van der Waals surface area contributed by atoms with E-state index in [1.165, 1.54) is 64.2 Å². The van der Waals surface area contributed by atoms with Gasteiger partial charge in [0.15, 0.2) is 12.4 Å². The van der Waals surface area contributed by atoms with Crippen LogP contribution in [-0.4, -0.2) is 128 Å². The van der Waals surface area contributed by atoms with Crippen LogP contribution in [0.4, 0.5) is 5.69 Å². The summed E-state index contributed by atoms with van der Waals surface area (Å²) in [4.78, 5) is 55.5. The Labute approximate surface area is 360 Å². The van der Waals surface area contributed by atoms with Crippen LogP contribution in [-0.2, 0) is 28.6 Å². The van der Waals surface area contributed by atoms with Crippen LogP contribution in [0.1, 0.15) is 77.2 Å². The molecule has 7 N–H and O–H groups in total. The number of hydrogen-bond acceptors (Lipinski definition) is 15. The van der Waals surface area contributed by atoms with Gasteiger partial charge in [-0.3, -0.25) is 19.2 Å². The molecule has 4 heterocycles. The van der Waals surface area contributed by atoms with Gasteiger partial charge < -0.3 is 64.5 Å². The molecule has 17 heteroatoms. The molecule has 0 saturated carbocycles. The number of nitrogens with one attached hydrogen (secondary N) is 1. The number of aliphatic hydroxyl groups excluding tert-OH is 4. The molecule has 2 aromatic carbocycles. The first-order valence-electron chi connectivity index (χ1n) is 20.7. The number of phenols is 2. The van der Waals surface area contributed by atoms with Gasteiger partial charge in [0.05, 0.1) is 66.5 Å². The lowest BCUT2D eigenvalue weighted by atomic mass is 9.78. The third kappa shape index (κ3) is 9.27. The Kier molecular flexibility index (Phi) is 15.0. The lowest BCUT2D eigenvalue weighted by Gasteiger charge is -2.38. The van der Waals surface area contributed by atoms with Crippen molar-refractivity contribution >= 4 is 40.0 Å². The van der Waals surface area contributed by atoms with Gasteiger partial charge in [-0.2, -0.15) is 0 Å². The topological polar surface area (TPSA) is 251 Å². The van der Waals surface area contributed by atoms with E-state index in [0.29, 0.717) is 12.8 Å². The number of likely N-dealkylation sites (tertiary alicyclic amines) is 1. The maximum absolute atomic E-state index is 14.6. The van der Waals surface area contributed by atoms with Crippen LogP contribution in [0.5, 0.6) is 23.0 Å². The highest BCUT2D eigenvalue weighted by Gasteiger charge is 2.50. The Balaban J connectivity index is 1.67. The first kappa shape index (κ1) is 47.8. The van der Waals surface area contributed by atoms with Crippen LogP contribution < -0.4 is 14.8 Å². The Morgan fingerprint density at radius 3 is 2.18 bits per heavy atom. The molecular formula is C45H60N2O15. The number of hydrogen-bond donors (Lipinski definition) is 7. The molecule has 17 nitrogen and oxygen atoms in total. The van der Waals surface area contributed by atoms with E-state index in [2.05, 4.69) is 5.32 Å². The minimum Gasteiger partial charge on any atom is -0.507 e. The highest BCUT2D eigenvalue weighted by Crippen LogP contribution is 2.54. The van der Waals surface area contributed by atoms with E-state index in [-0.39, 0.29) is 57.9 Å². The van der Waals surface area contributed by atoms with Crippen LogP contribution in [0, 0.1) is 30.6 Å². The maximum Gasteiger partial charge on any atom is 0.312 e. The molecular weight excluding hydrogens is 808 g/mol. The number of carbonyl (C=O) groups is 4. The van der Waals surface area contributed by atoms with Crippen molar-refractivity contribution in [3.05, 3.63) is 53.3 Å². The lowest BCUT2D eigenvalue weighted by Crippen LogP contribution is -2.46. The van der Waals surface area contributed by atoms with Crippen molar-refractivity contribution in [2.75, 3.05) is 32.2 Å². The van der Waals surface area contributed by atoms with E-state index < -0.39 is 108 Å². The van der Waals surface area contributed by atoms with Crippen molar-refractivity contribution in [3.8, 4) is 23.0 Å². The van der Waals surface area contributed by atoms with Gasteiger partial charge >= 0.3 is 11.8 Å². The summed E-state index contributed by atoms with van der Waals surface area (Å²) in [5.41, 5.74) is -0.224. The second-order valence-corrected chi connectivity index (χ2v) is 16.7. The van der Waals surface area contributed by atoms with Gasteiger partial charge in [0.1, 0.15) is 23.4 Å². The van der Waals surface area contributed by atoms with Gasteiger partial charge in [-0.25, -0.2) is 0 Å². The molecule has 5 bridgehead atoms. The van der Waals surface area contributed by atoms with Crippen molar-refractivity contribution in [2.45, 2.75) is 111 Å². The normalized spacial score (nSPS) is 32.7. The van der Waals surface area contributed by atoms with Crippen LogP contribution in [0.25, 0.3) is 10.8 Å². The van der Waals surface area contributed by atoms with E-state index in [1.54, 1.807) is 39.8 Å². The molecule has 0 aliphatic carbocycles. The summed E-state index contributed by atoms with van der Waals surface area (Å²) < 4.78 is 29.7. The SMILES string of the molecule is CO[C@H]1/C=C/O[C@@]2(C)Oc3c(C)c(O)c4c(O)c(cc(OCC(=O)N5C(CO)CCC5CO)c4c3C2=O)NC(=O)/C(C)=C\C=C\[C@H](C)[C@H](O)[C@@H](C)[C@@H](O)[C@@H](C)[C@H](OC(C)=O)[C@@H]1C. The standard InChI is InChI=1S/C45H60N2O15/c1-21-11-10-12-22(2)44(57)46-30-17-32(59-20-33(51)47-28(18-48)13-14-29(47)19-49)34-35(40(30)55)39(54)26(6)42-36(34)43(56)45(8,62-42)60-16-15-31(58-9)23(3)41(61-27(7)50)25(5)38(53)24(4)37(21)52/h10-12,15-17,21,23-25,28-29,31,37-38,41,48-49,52-55H,13-14,18-20H2,1-9H3,(H,46,57)/b11-10+,16-15+,22-12-/t21-,23+,24+,25+,28?,29?,31-,37-,38+,41+,45-/m0/s1. The number of ketones is 1. The van der Waals surface area contributed by atoms with Gasteiger partial charge in [0, 0.05) is 67.2 Å². The highest BCUT2D eigenvalue weighted by atomic mass is 16.7. The fourth-order valence-corrected chi connectivity index (χ4v) is 8.69. The molecule has 340 valence electrons. The number of allylic oxidation sites excluding steroid dienone is 2. The van der Waals surface area contributed by atoms with Crippen molar-refractivity contribution in [1.29, 1.82) is 0 Å². The Morgan fingerprint density at radius 2 is 1.58 bits per heavy atom. The number of carbonyl (C=O) groups excluding carboxylic acids is 4. The van der Waals surface area contributed by atoms with E-state index in [4.69, 9.17) is 23.7 Å². The molecule has 2 aromatic rings. The number of ether oxygens (including phenoxy) is 5. The number of fused-ring (bicyclic) bond motifs is 14. The van der Waals surface area contributed by atoms with Gasteiger partial charge in [-0.15, -0.1) is 0 Å². The second-order valence-electron chi connectivity index (χ2n) is 16.7. The highest BCUT2D eigenvalue weighted by molar-refractivity contribution is 6.21. The van der Waals surface area contributed by atoms with Crippen LogP contribution >= 0.6 is 0 Å². The number of aliphatic hydroxyl groups is 4. The molecule has 62 heavy (non-hydrogen) atoms. The minimum atomic E-state index is -2.08. The smallest absolute Gasteiger partial charge is 0.312 e.